The molecule has 4 nitrogen and oxygen atoms in total. The molecule has 2 N–H and O–H groups in total. The van der Waals surface area contributed by atoms with Crippen molar-refractivity contribution in [3.8, 4) is 0 Å². The fraction of sp³-hybridized carbons (Fsp3) is 0.467. The number of carboxylic acids is 1. The van der Waals surface area contributed by atoms with Crippen LogP contribution >= 0.6 is 23.4 Å². The Bertz CT molecular complexity index is 496. The SMILES string of the molecule is CC[C@H](C)[C@H](NC(=O)CSCc1cccc(Cl)c1)C(=O)O. The molecule has 1 amide bonds. The van der Waals surface area contributed by atoms with Crippen molar-refractivity contribution in [3.63, 3.8) is 0 Å². The summed E-state index contributed by atoms with van der Waals surface area (Å²) in [6, 6.07) is 6.63. The zero-order valence-corrected chi connectivity index (χ0v) is 13.7. The van der Waals surface area contributed by atoms with Gasteiger partial charge in [-0.25, -0.2) is 4.79 Å². The van der Waals surface area contributed by atoms with Gasteiger partial charge in [0.25, 0.3) is 0 Å². The number of carbonyl (C=O) groups excluding carboxylic acids is 1. The van der Waals surface area contributed by atoms with Crippen LogP contribution in [0.2, 0.25) is 5.02 Å². The molecule has 0 bridgehead atoms. The van der Waals surface area contributed by atoms with Crippen molar-refractivity contribution in [2.75, 3.05) is 5.75 Å². The molecule has 0 unspecified atom stereocenters. The number of carbonyl (C=O) groups is 2. The topological polar surface area (TPSA) is 66.4 Å². The molecule has 2 atom stereocenters. The van der Waals surface area contributed by atoms with Gasteiger partial charge in [-0.3, -0.25) is 4.79 Å². The molecule has 21 heavy (non-hydrogen) atoms. The van der Waals surface area contributed by atoms with E-state index in [0.29, 0.717) is 17.2 Å². The third-order valence-electron chi connectivity index (χ3n) is 3.19. The molecule has 6 heteroatoms. The normalized spacial score (nSPS) is 13.5. The van der Waals surface area contributed by atoms with E-state index >= 15 is 0 Å². The molecule has 1 rings (SSSR count). The Morgan fingerprint density at radius 1 is 1.43 bits per heavy atom. The molecule has 0 radical (unpaired) electrons. The highest BCUT2D eigenvalue weighted by atomic mass is 35.5. The van der Waals surface area contributed by atoms with E-state index < -0.39 is 12.0 Å². The van der Waals surface area contributed by atoms with Gasteiger partial charge < -0.3 is 10.4 Å². The molecule has 0 saturated heterocycles. The molecule has 1 aromatic rings. The Labute approximate surface area is 134 Å². The molecule has 0 aliphatic heterocycles. The van der Waals surface area contributed by atoms with E-state index in [4.69, 9.17) is 16.7 Å². The largest absolute Gasteiger partial charge is 0.480 e. The second-order valence-corrected chi connectivity index (χ2v) is 6.31. The molecule has 0 aromatic heterocycles. The highest BCUT2D eigenvalue weighted by molar-refractivity contribution is 7.99. The van der Waals surface area contributed by atoms with Gasteiger partial charge in [-0.1, -0.05) is 44.0 Å². The van der Waals surface area contributed by atoms with Crippen LogP contribution in [0.5, 0.6) is 0 Å². The average Bonchev–Trinajstić information content (AvgIpc) is 2.43. The molecular formula is C15H20ClNO3S. The first kappa shape index (κ1) is 17.9. The third-order valence-corrected chi connectivity index (χ3v) is 4.43. The summed E-state index contributed by atoms with van der Waals surface area (Å²) in [7, 11) is 0. The van der Waals surface area contributed by atoms with Gasteiger partial charge in [-0.2, -0.15) is 0 Å². The Balaban J connectivity index is 2.41. The second-order valence-electron chi connectivity index (χ2n) is 4.89. The minimum atomic E-state index is -0.988. The Hall–Kier alpha value is -1.20. The maximum absolute atomic E-state index is 11.8. The highest BCUT2D eigenvalue weighted by Crippen LogP contribution is 2.16. The molecular weight excluding hydrogens is 310 g/mol. The van der Waals surface area contributed by atoms with Gasteiger partial charge in [0.05, 0.1) is 5.75 Å². The summed E-state index contributed by atoms with van der Waals surface area (Å²) in [4.78, 5) is 22.9. The number of carboxylic acid groups (broad SMARTS) is 1. The molecule has 0 saturated carbocycles. The van der Waals surface area contributed by atoms with Crippen LogP contribution < -0.4 is 5.32 Å². The van der Waals surface area contributed by atoms with Crippen LogP contribution in [-0.2, 0) is 15.3 Å². The van der Waals surface area contributed by atoms with Gasteiger partial charge in [0, 0.05) is 10.8 Å². The van der Waals surface area contributed by atoms with Crippen LogP contribution in [0.1, 0.15) is 25.8 Å². The quantitative estimate of drug-likeness (QED) is 0.768. The fourth-order valence-electron chi connectivity index (χ4n) is 1.79. The molecule has 0 spiro atoms. The lowest BCUT2D eigenvalue weighted by Crippen LogP contribution is -2.45. The Morgan fingerprint density at radius 3 is 2.71 bits per heavy atom. The predicted molar refractivity (Wildman–Crippen MR) is 86.6 cm³/mol. The van der Waals surface area contributed by atoms with Gasteiger partial charge in [-0.05, 0) is 23.6 Å². The minimum Gasteiger partial charge on any atom is -0.480 e. The molecule has 0 fully saturated rings. The van der Waals surface area contributed by atoms with Crippen LogP contribution in [0.3, 0.4) is 0 Å². The van der Waals surface area contributed by atoms with Crippen molar-refractivity contribution in [1.82, 2.24) is 5.32 Å². The number of aliphatic carboxylic acids is 1. The first-order valence-corrected chi connectivity index (χ1v) is 8.31. The number of benzene rings is 1. The minimum absolute atomic E-state index is 0.0932. The second kappa shape index (κ2) is 8.95. The van der Waals surface area contributed by atoms with Gasteiger partial charge in [0.2, 0.25) is 5.91 Å². The van der Waals surface area contributed by atoms with Crippen molar-refractivity contribution in [2.24, 2.45) is 5.92 Å². The Morgan fingerprint density at radius 2 is 2.14 bits per heavy atom. The summed E-state index contributed by atoms with van der Waals surface area (Å²) < 4.78 is 0. The first-order chi connectivity index (χ1) is 9.93. The maximum atomic E-state index is 11.8. The van der Waals surface area contributed by atoms with E-state index in [-0.39, 0.29) is 17.6 Å². The van der Waals surface area contributed by atoms with Gasteiger partial charge in [0.15, 0.2) is 0 Å². The number of nitrogens with one attached hydrogen (secondary N) is 1. The number of rotatable bonds is 8. The zero-order chi connectivity index (χ0) is 15.8. The van der Waals surface area contributed by atoms with Crippen molar-refractivity contribution in [2.45, 2.75) is 32.1 Å². The summed E-state index contributed by atoms with van der Waals surface area (Å²) in [6.45, 7) is 3.72. The highest BCUT2D eigenvalue weighted by Gasteiger charge is 2.24. The van der Waals surface area contributed by atoms with Gasteiger partial charge >= 0.3 is 5.97 Å². The predicted octanol–water partition coefficient (Wildman–Crippen LogP) is 3.19. The van der Waals surface area contributed by atoms with Crippen LogP contribution in [-0.4, -0.2) is 28.8 Å². The van der Waals surface area contributed by atoms with Crippen LogP contribution in [0, 0.1) is 5.92 Å². The average molecular weight is 330 g/mol. The lowest BCUT2D eigenvalue weighted by Gasteiger charge is -2.20. The molecule has 0 heterocycles. The summed E-state index contributed by atoms with van der Waals surface area (Å²) in [5, 5.41) is 12.4. The summed E-state index contributed by atoms with van der Waals surface area (Å²) >= 11 is 7.32. The Kier molecular flexibility index (Phi) is 7.61. The van der Waals surface area contributed by atoms with E-state index in [1.54, 1.807) is 6.07 Å². The monoisotopic (exact) mass is 329 g/mol. The van der Waals surface area contributed by atoms with Crippen molar-refractivity contribution in [3.05, 3.63) is 34.9 Å². The summed E-state index contributed by atoms with van der Waals surface area (Å²) in [5.41, 5.74) is 1.04. The molecule has 0 aliphatic carbocycles. The molecule has 1 aromatic carbocycles. The molecule has 0 aliphatic rings. The van der Waals surface area contributed by atoms with Crippen molar-refractivity contribution >= 4 is 35.2 Å². The first-order valence-electron chi connectivity index (χ1n) is 6.78. The summed E-state index contributed by atoms with van der Waals surface area (Å²) in [5.74, 6) is -0.446. The van der Waals surface area contributed by atoms with E-state index in [1.807, 2.05) is 32.0 Å². The van der Waals surface area contributed by atoms with Crippen molar-refractivity contribution < 1.29 is 14.7 Å². The number of hydrogen-bond acceptors (Lipinski definition) is 3. The number of hydrogen-bond donors (Lipinski definition) is 2. The van der Waals surface area contributed by atoms with Gasteiger partial charge in [0.1, 0.15) is 6.04 Å². The number of thioether (sulfide) groups is 1. The standard InChI is InChI=1S/C15H20ClNO3S/c1-3-10(2)14(15(19)20)17-13(18)9-21-8-11-5-4-6-12(16)7-11/h4-7,10,14H,3,8-9H2,1-2H3,(H,17,18)(H,19,20)/t10-,14-/m0/s1. The van der Waals surface area contributed by atoms with Crippen LogP contribution in [0.15, 0.2) is 24.3 Å². The van der Waals surface area contributed by atoms with E-state index in [1.165, 1.54) is 11.8 Å². The molecule has 116 valence electrons. The third kappa shape index (κ3) is 6.40. The van der Waals surface area contributed by atoms with Gasteiger partial charge in [-0.15, -0.1) is 11.8 Å². The van der Waals surface area contributed by atoms with E-state index in [0.717, 1.165) is 5.56 Å². The number of halogens is 1. The van der Waals surface area contributed by atoms with E-state index in [2.05, 4.69) is 5.32 Å². The lowest BCUT2D eigenvalue weighted by atomic mass is 9.99. The van der Waals surface area contributed by atoms with Crippen molar-refractivity contribution in [1.29, 1.82) is 0 Å². The van der Waals surface area contributed by atoms with Crippen LogP contribution in [0.25, 0.3) is 0 Å². The summed E-state index contributed by atoms with van der Waals surface area (Å²) in [6.07, 6.45) is 0.701. The van der Waals surface area contributed by atoms with Crippen LogP contribution in [0.4, 0.5) is 0 Å². The zero-order valence-electron chi connectivity index (χ0n) is 12.1. The lowest BCUT2D eigenvalue weighted by molar-refractivity contribution is -0.143. The fourth-order valence-corrected chi connectivity index (χ4v) is 2.79. The number of amides is 1. The van der Waals surface area contributed by atoms with E-state index in [9.17, 15) is 9.59 Å². The maximum Gasteiger partial charge on any atom is 0.326 e. The smallest absolute Gasteiger partial charge is 0.326 e.